The van der Waals surface area contributed by atoms with Gasteiger partial charge in [0.05, 0.1) is 0 Å². The number of halogens is 1. The van der Waals surface area contributed by atoms with E-state index < -0.39 is 0 Å². The first-order valence-electron chi connectivity index (χ1n) is 7.83. The highest BCUT2D eigenvalue weighted by molar-refractivity contribution is 7.99. The number of guanidine groups is 1. The predicted molar refractivity (Wildman–Crippen MR) is 100 cm³/mol. The number of hydrogen-bond acceptors (Lipinski definition) is 3. The topological polar surface area (TPSA) is 65.5 Å². The fourth-order valence-electron chi connectivity index (χ4n) is 1.78. The minimum atomic E-state index is -0.373. The number of thioether (sulfide) groups is 1. The largest absolute Gasteiger partial charge is 0.355 e. The van der Waals surface area contributed by atoms with E-state index in [1.54, 1.807) is 37.9 Å². The lowest BCUT2D eigenvalue weighted by Gasteiger charge is -2.23. The van der Waals surface area contributed by atoms with Gasteiger partial charge in [0.25, 0.3) is 5.91 Å². The highest BCUT2D eigenvalue weighted by atomic mass is 32.2. The molecule has 0 heterocycles. The number of aryl methyl sites for hydroxylation is 1. The van der Waals surface area contributed by atoms with Gasteiger partial charge < -0.3 is 16.0 Å². The molecule has 0 unspecified atom stereocenters. The number of aliphatic imine (C=N–C) groups is 1. The molecule has 1 aromatic carbocycles. The monoisotopic (exact) mass is 354 g/mol. The van der Waals surface area contributed by atoms with Crippen LogP contribution in [0.2, 0.25) is 0 Å². The molecule has 7 heteroatoms. The molecule has 1 rings (SSSR count). The standard InChI is InChI=1S/C17H27FN4OS/c1-12-6-7-13(10-14(12)18)15(23)20-8-9-21-16(19-4)22-11-17(2,3)24-5/h6-7,10H,8-9,11H2,1-5H3,(H,20,23)(H2,19,21,22). The second-order valence-corrected chi connectivity index (χ2v) is 7.55. The Kier molecular flexibility index (Phi) is 8.04. The van der Waals surface area contributed by atoms with E-state index in [0.717, 1.165) is 6.54 Å². The molecule has 0 radical (unpaired) electrons. The van der Waals surface area contributed by atoms with Gasteiger partial charge in [-0.05, 0) is 44.7 Å². The van der Waals surface area contributed by atoms with Crippen LogP contribution in [-0.4, -0.2) is 49.6 Å². The van der Waals surface area contributed by atoms with Crippen LogP contribution in [0.15, 0.2) is 23.2 Å². The summed E-state index contributed by atoms with van der Waals surface area (Å²) in [6.07, 6.45) is 2.07. The van der Waals surface area contributed by atoms with Crippen LogP contribution in [0.3, 0.4) is 0 Å². The molecular formula is C17H27FN4OS. The molecule has 0 saturated carbocycles. The third kappa shape index (κ3) is 6.78. The van der Waals surface area contributed by atoms with Crippen molar-refractivity contribution in [1.82, 2.24) is 16.0 Å². The molecule has 3 N–H and O–H groups in total. The van der Waals surface area contributed by atoms with Gasteiger partial charge in [-0.25, -0.2) is 4.39 Å². The molecule has 134 valence electrons. The third-order valence-corrected chi connectivity index (χ3v) is 4.84. The summed E-state index contributed by atoms with van der Waals surface area (Å²) in [4.78, 5) is 16.1. The van der Waals surface area contributed by atoms with E-state index in [0.29, 0.717) is 30.2 Å². The first-order chi connectivity index (χ1) is 11.3. The van der Waals surface area contributed by atoms with Crippen molar-refractivity contribution in [2.45, 2.75) is 25.5 Å². The molecule has 0 saturated heterocycles. The SMILES string of the molecule is CN=C(NCCNC(=O)c1ccc(C)c(F)c1)NCC(C)(C)SC. The summed E-state index contributed by atoms with van der Waals surface area (Å²) in [6.45, 7) is 7.69. The molecule has 0 aliphatic heterocycles. The van der Waals surface area contributed by atoms with Gasteiger partial charge in [0.1, 0.15) is 5.82 Å². The number of benzene rings is 1. The predicted octanol–water partition coefficient (Wildman–Crippen LogP) is 2.17. The van der Waals surface area contributed by atoms with Crippen LogP contribution < -0.4 is 16.0 Å². The Labute approximate surface area is 147 Å². The van der Waals surface area contributed by atoms with Crippen LogP contribution >= 0.6 is 11.8 Å². The molecule has 0 spiro atoms. The van der Waals surface area contributed by atoms with Gasteiger partial charge in [0, 0.05) is 37.0 Å². The second-order valence-electron chi connectivity index (χ2n) is 6.04. The van der Waals surface area contributed by atoms with Crippen molar-refractivity contribution in [3.63, 3.8) is 0 Å². The normalized spacial score (nSPS) is 12.0. The lowest BCUT2D eigenvalue weighted by molar-refractivity contribution is 0.0954. The molecular weight excluding hydrogens is 327 g/mol. The zero-order chi connectivity index (χ0) is 18.2. The van der Waals surface area contributed by atoms with Gasteiger partial charge in [-0.3, -0.25) is 9.79 Å². The van der Waals surface area contributed by atoms with Crippen molar-refractivity contribution in [3.05, 3.63) is 35.1 Å². The Hall–Kier alpha value is -1.76. The Morgan fingerprint density at radius 2 is 1.92 bits per heavy atom. The van der Waals surface area contributed by atoms with Crippen LogP contribution in [0.1, 0.15) is 29.8 Å². The Balaban J connectivity index is 2.36. The fourth-order valence-corrected chi connectivity index (χ4v) is 2.00. The van der Waals surface area contributed by atoms with E-state index in [-0.39, 0.29) is 16.5 Å². The maximum absolute atomic E-state index is 13.5. The lowest BCUT2D eigenvalue weighted by atomic mass is 10.1. The summed E-state index contributed by atoms with van der Waals surface area (Å²) in [5.74, 6) is 0.0247. The maximum atomic E-state index is 13.5. The van der Waals surface area contributed by atoms with E-state index >= 15 is 0 Å². The zero-order valence-corrected chi connectivity index (χ0v) is 15.8. The fraction of sp³-hybridized carbons (Fsp3) is 0.529. The number of carbonyl (C=O) groups excluding carboxylic acids is 1. The molecule has 0 aliphatic rings. The van der Waals surface area contributed by atoms with Gasteiger partial charge in [-0.2, -0.15) is 11.8 Å². The zero-order valence-electron chi connectivity index (χ0n) is 15.0. The summed E-state index contributed by atoms with van der Waals surface area (Å²) >= 11 is 1.78. The van der Waals surface area contributed by atoms with Crippen molar-refractivity contribution < 1.29 is 9.18 Å². The molecule has 0 aliphatic carbocycles. The first kappa shape index (κ1) is 20.3. The lowest BCUT2D eigenvalue weighted by Crippen LogP contribution is -2.45. The Morgan fingerprint density at radius 1 is 1.25 bits per heavy atom. The van der Waals surface area contributed by atoms with Crippen LogP contribution in [-0.2, 0) is 0 Å². The van der Waals surface area contributed by atoms with Crippen LogP contribution in [0.25, 0.3) is 0 Å². The van der Waals surface area contributed by atoms with Crippen molar-refractivity contribution in [1.29, 1.82) is 0 Å². The summed E-state index contributed by atoms with van der Waals surface area (Å²) in [5.41, 5.74) is 0.846. The highest BCUT2D eigenvalue weighted by Gasteiger charge is 2.16. The summed E-state index contributed by atoms with van der Waals surface area (Å²) in [5, 5.41) is 9.14. The molecule has 1 aromatic rings. The highest BCUT2D eigenvalue weighted by Crippen LogP contribution is 2.19. The second kappa shape index (κ2) is 9.52. The number of nitrogens with one attached hydrogen (secondary N) is 3. The van der Waals surface area contributed by atoms with Gasteiger partial charge in [0.2, 0.25) is 0 Å². The number of rotatable bonds is 7. The molecule has 0 bridgehead atoms. The Morgan fingerprint density at radius 3 is 2.50 bits per heavy atom. The van der Waals surface area contributed by atoms with Crippen molar-refractivity contribution in [2.75, 3.05) is 32.9 Å². The summed E-state index contributed by atoms with van der Waals surface area (Å²) in [6, 6.07) is 4.47. The smallest absolute Gasteiger partial charge is 0.251 e. The van der Waals surface area contributed by atoms with Crippen LogP contribution in [0.5, 0.6) is 0 Å². The average Bonchev–Trinajstić information content (AvgIpc) is 2.56. The molecule has 24 heavy (non-hydrogen) atoms. The van der Waals surface area contributed by atoms with E-state index in [9.17, 15) is 9.18 Å². The van der Waals surface area contributed by atoms with Gasteiger partial charge in [-0.1, -0.05) is 6.07 Å². The average molecular weight is 354 g/mol. The maximum Gasteiger partial charge on any atom is 0.251 e. The molecule has 0 atom stereocenters. The minimum Gasteiger partial charge on any atom is -0.355 e. The Bertz CT molecular complexity index is 590. The van der Waals surface area contributed by atoms with Gasteiger partial charge in [0.15, 0.2) is 5.96 Å². The van der Waals surface area contributed by atoms with Crippen LogP contribution in [0, 0.1) is 12.7 Å². The number of nitrogens with zero attached hydrogens (tertiary/aromatic N) is 1. The molecule has 0 aromatic heterocycles. The van der Waals surface area contributed by atoms with Crippen molar-refractivity contribution >= 4 is 23.6 Å². The van der Waals surface area contributed by atoms with E-state index in [4.69, 9.17) is 0 Å². The molecule has 0 fully saturated rings. The quantitative estimate of drug-likeness (QED) is 0.399. The van der Waals surface area contributed by atoms with Crippen molar-refractivity contribution in [2.24, 2.45) is 4.99 Å². The van der Waals surface area contributed by atoms with E-state index in [2.05, 4.69) is 41.0 Å². The molecule has 5 nitrogen and oxygen atoms in total. The van der Waals surface area contributed by atoms with E-state index in [1.807, 2.05) is 0 Å². The van der Waals surface area contributed by atoms with Crippen molar-refractivity contribution in [3.8, 4) is 0 Å². The first-order valence-corrected chi connectivity index (χ1v) is 9.05. The van der Waals surface area contributed by atoms with Gasteiger partial charge in [-0.15, -0.1) is 0 Å². The van der Waals surface area contributed by atoms with Gasteiger partial charge >= 0.3 is 0 Å². The third-order valence-electron chi connectivity index (χ3n) is 3.59. The summed E-state index contributed by atoms with van der Waals surface area (Å²) < 4.78 is 13.6. The molecule has 1 amide bonds. The number of hydrogen-bond donors (Lipinski definition) is 3. The number of carbonyl (C=O) groups is 1. The van der Waals surface area contributed by atoms with E-state index in [1.165, 1.54) is 6.07 Å². The number of amides is 1. The minimum absolute atomic E-state index is 0.112. The summed E-state index contributed by atoms with van der Waals surface area (Å²) in [7, 11) is 1.70. The van der Waals surface area contributed by atoms with Crippen LogP contribution in [0.4, 0.5) is 4.39 Å².